The molecule has 0 spiro atoms. The zero-order valence-corrected chi connectivity index (χ0v) is 22.3. The minimum atomic E-state index is 0. The van der Waals surface area contributed by atoms with Crippen molar-refractivity contribution in [1.82, 2.24) is 15.5 Å². The molecule has 2 heterocycles. The maximum Gasteiger partial charge on any atom is 0.191 e. The summed E-state index contributed by atoms with van der Waals surface area (Å²) < 4.78 is 16.5. The lowest BCUT2D eigenvalue weighted by Crippen LogP contribution is -2.42. The van der Waals surface area contributed by atoms with Crippen LogP contribution in [0.2, 0.25) is 0 Å². The maximum absolute atomic E-state index is 5.57. The molecule has 1 fully saturated rings. The third kappa shape index (κ3) is 7.79. The van der Waals surface area contributed by atoms with Crippen molar-refractivity contribution >= 4 is 41.3 Å². The van der Waals surface area contributed by atoms with Crippen molar-refractivity contribution in [2.45, 2.75) is 19.4 Å². The molecule has 178 valence electrons. The summed E-state index contributed by atoms with van der Waals surface area (Å²) in [6.45, 7) is 7.66. The number of halogens is 1. The molecule has 1 aliphatic heterocycles. The highest BCUT2D eigenvalue weighted by atomic mass is 127. The third-order valence-electron chi connectivity index (χ3n) is 5.29. The van der Waals surface area contributed by atoms with Crippen LogP contribution in [0.5, 0.6) is 11.5 Å². The molecule has 1 aliphatic rings. The Hall–Kier alpha value is -1.56. The van der Waals surface area contributed by atoms with Gasteiger partial charge in [0, 0.05) is 31.1 Å². The first-order valence-corrected chi connectivity index (χ1v) is 11.7. The van der Waals surface area contributed by atoms with E-state index in [1.165, 1.54) is 4.88 Å². The molecule has 1 aromatic carbocycles. The molecule has 3 rings (SSSR count). The van der Waals surface area contributed by atoms with E-state index in [1.807, 2.05) is 6.07 Å². The minimum absolute atomic E-state index is 0. The van der Waals surface area contributed by atoms with Gasteiger partial charge in [-0.05, 0) is 42.5 Å². The fourth-order valence-corrected chi connectivity index (χ4v) is 4.37. The van der Waals surface area contributed by atoms with Crippen LogP contribution in [0.15, 0.2) is 40.7 Å². The molecule has 0 radical (unpaired) electrons. The van der Waals surface area contributed by atoms with Crippen molar-refractivity contribution < 1.29 is 14.2 Å². The predicted octanol–water partition coefficient (Wildman–Crippen LogP) is 3.55. The molecule has 0 bridgehead atoms. The van der Waals surface area contributed by atoms with Gasteiger partial charge in [0.1, 0.15) is 0 Å². The smallest absolute Gasteiger partial charge is 0.191 e. The monoisotopic (exact) mass is 574 g/mol. The van der Waals surface area contributed by atoms with Crippen LogP contribution in [0.25, 0.3) is 0 Å². The Morgan fingerprint density at radius 2 is 1.94 bits per heavy atom. The van der Waals surface area contributed by atoms with Gasteiger partial charge in [-0.25, -0.2) is 0 Å². The van der Waals surface area contributed by atoms with E-state index in [9.17, 15) is 0 Å². The lowest BCUT2D eigenvalue weighted by atomic mass is 10.0. The van der Waals surface area contributed by atoms with Crippen LogP contribution < -0.4 is 20.1 Å². The molecule has 1 atom stereocenters. The Morgan fingerprint density at radius 1 is 1.16 bits per heavy atom. The second kappa shape index (κ2) is 14.6. The second-order valence-corrected chi connectivity index (χ2v) is 8.29. The highest BCUT2D eigenvalue weighted by molar-refractivity contribution is 14.0. The van der Waals surface area contributed by atoms with E-state index in [1.54, 1.807) is 25.6 Å². The van der Waals surface area contributed by atoms with Crippen LogP contribution in [0.3, 0.4) is 0 Å². The van der Waals surface area contributed by atoms with Crippen molar-refractivity contribution in [2.24, 2.45) is 4.99 Å². The number of methoxy groups -OCH3 is 2. The van der Waals surface area contributed by atoms with Gasteiger partial charge in [0.15, 0.2) is 17.5 Å². The second-order valence-electron chi connectivity index (χ2n) is 7.25. The number of morpholine rings is 1. The number of hydrogen-bond acceptors (Lipinski definition) is 6. The fraction of sp³-hybridized carbons (Fsp3) is 0.522. The summed E-state index contributed by atoms with van der Waals surface area (Å²) in [6.07, 6.45) is 0.991. The average Bonchev–Trinajstić information content (AvgIpc) is 3.33. The molecule has 1 unspecified atom stereocenters. The molecule has 0 amide bonds. The SMILES string of the molecule is CCNC(=NCC(c1ccc(OC)c(OC)c1)N1CCOCC1)NCCc1cccs1.I. The van der Waals surface area contributed by atoms with E-state index in [-0.39, 0.29) is 30.0 Å². The molecule has 7 nitrogen and oxygen atoms in total. The summed E-state index contributed by atoms with van der Waals surface area (Å²) in [4.78, 5) is 8.73. The molecule has 0 saturated carbocycles. The Balaban J connectivity index is 0.00000363. The Labute approximate surface area is 212 Å². The maximum atomic E-state index is 5.57. The predicted molar refractivity (Wildman–Crippen MR) is 142 cm³/mol. The highest BCUT2D eigenvalue weighted by Crippen LogP contribution is 2.32. The first-order chi connectivity index (χ1) is 15.2. The van der Waals surface area contributed by atoms with Gasteiger partial charge < -0.3 is 24.8 Å². The number of benzene rings is 1. The Kier molecular flexibility index (Phi) is 12.1. The number of nitrogens with zero attached hydrogens (tertiary/aromatic N) is 2. The van der Waals surface area contributed by atoms with Crippen LogP contribution >= 0.6 is 35.3 Å². The molecule has 1 saturated heterocycles. The summed E-state index contributed by atoms with van der Waals surface area (Å²) >= 11 is 1.79. The molecule has 32 heavy (non-hydrogen) atoms. The van der Waals surface area contributed by atoms with Gasteiger partial charge in [-0.3, -0.25) is 9.89 Å². The minimum Gasteiger partial charge on any atom is -0.493 e. The fourth-order valence-electron chi connectivity index (χ4n) is 3.66. The molecule has 2 N–H and O–H groups in total. The molecule has 9 heteroatoms. The zero-order valence-electron chi connectivity index (χ0n) is 19.1. The number of guanidine groups is 1. The van der Waals surface area contributed by atoms with Crippen molar-refractivity contribution in [3.8, 4) is 11.5 Å². The van der Waals surface area contributed by atoms with Crippen molar-refractivity contribution in [3.05, 3.63) is 46.2 Å². The van der Waals surface area contributed by atoms with E-state index in [0.29, 0.717) is 6.54 Å². The van der Waals surface area contributed by atoms with Crippen LogP contribution in [-0.4, -0.2) is 71.0 Å². The lowest BCUT2D eigenvalue weighted by Gasteiger charge is -2.34. The van der Waals surface area contributed by atoms with Gasteiger partial charge in [-0.15, -0.1) is 35.3 Å². The van der Waals surface area contributed by atoms with Gasteiger partial charge in [0.2, 0.25) is 0 Å². The summed E-state index contributed by atoms with van der Waals surface area (Å²) in [7, 11) is 3.33. The largest absolute Gasteiger partial charge is 0.493 e. The van der Waals surface area contributed by atoms with Gasteiger partial charge in [-0.2, -0.15) is 0 Å². The number of nitrogens with one attached hydrogen (secondary N) is 2. The van der Waals surface area contributed by atoms with Crippen LogP contribution in [0, 0.1) is 0 Å². The van der Waals surface area contributed by atoms with Gasteiger partial charge in [-0.1, -0.05) is 12.1 Å². The van der Waals surface area contributed by atoms with Crippen LogP contribution in [0.4, 0.5) is 0 Å². The van der Waals surface area contributed by atoms with Gasteiger partial charge in [0.25, 0.3) is 0 Å². The van der Waals surface area contributed by atoms with Crippen molar-refractivity contribution in [2.75, 3.05) is 60.2 Å². The molecular weight excluding hydrogens is 539 g/mol. The number of aliphatic imine (C=N–C) groups is 1. The summed E-state index contributed by atoms with van der Waals surface area (Å²) in [5.41, 5.74) is 1.16. The summed E-state index contributed by atoms with van der Waals surface area (Å²) in [5, 5.41) is 8.95. The van der Waals surface area contributed by atoms with Crippen LogP contribution in [0.1, 0.15) is 23.4 Å². The molecule has 1 aromatic heterocycles. The number of thiophene rings is 1. The Morgan fingerprint density at radius 3 is 2.59 bits per heavy atom. The van der Waals surface area contributed by atoms with Gasteiger partial charge >= 0.3 is 0 Å². The van der Waals surface area contributed by atoms with E-state index in [4.69, 9.17) is 19.2 Å². The molecule has 2 aromatic rings. The third-order valence-corrected chi connectivity index (χ3v) is 6.23. The highest BCUT2D eigenvalue weighted by Gasteiger charge is 2.24. The number of hydrogen-bond donors (Lipinski definition) is 2. The number of rotatable bonds is 10. The summed E-state index contributed by atoms with van der Waals surface area (Å²) in [5.74, 6) is 2.32. The number of ether oxygens (including phenoxy) is 3. The normalized spacial score (nSPS) is 15.5. The van der Waals surface area contributed by atoms with E-state index < -0.39 is 0 Å². The zero-order chi connectivity index (χ0) is 21.9. The summed E-state index contributed by atoms with van der Waals surface area (Å²) in [6, 6.07) is 10.5. The molecule has 0 aliphatic carbocycles. The average molecular weight is 575 g/mol. The topological polar surface area (TPSA) is 67.4 Å². The lowest BCUT2D eigenvalue weighted by molar-refractivity contribution is 0.0179. The van der Waals surface area contributed by atoms with Gasteiger partial charge in [0.05, 0.1) is 40.0 Å². The quantitative estimate of drug-likeness (QED) is 0.257. The van der Waals surface area contributed by atoms with E-state index in [0.717, 1.165) is 68.8 Å². The van der Waals surface area contributed by atoms with E-state index >= 15 is 0 Å². The standard InChI is InChI=1S/C23H34N4O3S.HI/c1-4-24-23(25-10-9-19-6-5-15-31-19)26-17-20(27-11-13-30-14-12-27)18-7-8-21(28-2)22(16-18)29-3;/h5-8,15-16,20H,4,9-14,17H2,1-3H3,(H2,24,25,26);1H. The Bertz CT molecular complexity index is 814. The van der Waals surface area contributed by atoms with E-state index in [2.05, 4.69) is 52.1 Å². The first kappa shape index (κ1) is 26.7. The molecular formula is C23H35IN4O3S. The van der Waals surface area contributed by atoms with Crippen LogP contribution in [-0.2, 0) is 11.2 Å². The van der Waals surface area contributed by atoms with Crippen molar-refractivity contribution in [1.29, 1.82) is 0 Å². The first-order valence-electron chi connectivity index (χ1n) is 10.8. The van der Waals surface area contributed by atoms with Crippen molar-refractivity contribution in [3.63, 3.8) is 0 Å².